The van der Waals surface area contributed by atoms with Crippen LogP contribution in [0, 0.1) is 0 Å². The normalized spacial score (nSPS) is 27.5. The van der Waals surface area contributed by atoms with Crippen LogP contribution in [0.1, 0.15) is 79.1 Å². The molecule has 1 rings (SSSR count). The maximum absolute atomic E-state index is 10.1. The number of rotatable bonds is 19. The predicted molar refractivity (Wildman–Crippen MR) is 121 cm³/mol. The van der Waals surface area contributed by atoms with E-state index in [1.165, 1.54) is 0 Å². The van der Waals surface area contributed by atoms with E-state index in [1.54, 1.807) is 7.11 Å². The van der Waals surface area contributed by atoms with E-state index in [9.17, 15) is 5.11 Å². The Bertz CT molecular complexity index is 409. The van der Waals surface area contributed by atoms with Crippen LogP contribution in [0.5, 0.6) is 0 Å². The first kappa shape index (κ1) is 28.8. The maximum Gasteiger partial charge on any atom is 0.186 e. The van der Waals surface area contributed by atoms with Gasteiger partial charge in [0.15, 0.2) is 6.29 Å². The van der Waals surface area contributed by atoms with Gasteiger partial charge in [-0.25, -0.2) is 0 Å². The third-order valence-corrected chi connectivity index (χ3v) is 5.56. The Labute approximate surface area is 190 Å². The van der Waals surface area contributed by atoms with Gasteiger partial charge in [0.1, 0.15) is 30.5 Å². The van der Waals surface area contributed by atoms with Crippen molar-refractivity contribution in [3.8, 4) is 0 Å². The molecule has 7 heteroatoms. The molecule has 0 amide bonds. The second-order valence-corrected chi connectivity index (χ2v) is 8.22. The number of hydrogen-bond donors (Lipinski definition) is 1. The highest BCUT2D eigenvalue weighted by Gasteiger charge is 2.51. The standard InChI is InChI=1S/C24H48O7/c1-6-10-14-27-19(18-25)20-21(28-15-11-7-2)22(29-16-12-8-3)23(24(26-5)31-20)30-17-13-9-4/h19-25H,6-18H2,1-5H3/t19-,20?,21-,22?,23+,24+/m1/s1. The average Bonchev–Trinajstić information content (AvgIpc) is 2.78. The molecule has 6 atom stereocenters. The van der Waals surface area contributed by atoms with Gasteiger partial charge in [0, 0.05) is 33.5 Å². The van der Waals surface area contributed by atoms with Crippen molar-refractivity contribution in [1.82, 2.24) is 0 Å². The van der Waals surface area contributed by atoms with Gasteiger partial charge in [0.05, 0.1) is 6.61 Å². The fourth-order valence-corrected chi connectivity index (χ4v) is 3.60. The van der Waals surface area contributed by atoms with Crippen LogP contribution in [-0.2, 0) is 28.4 Å². The van der Waals surface area contributed by atoms with E-state index in [0.717, 1.165) is 51.4 Å². The zero-order chi connectivity index (χ0) is 22.9. The second kappa shape index (κ2) is 18.2. The summed E-state index contributed by atoms with van der Waals surface area (Å²) in [7, 11) is 1.62. The van der Waals surface area contributed by atoms with E-state index in [4.69, 9.17) is 28.4 Å². The Morgan fingerprint density at radius 1 is 0.710 bits per heavy atom. The monoisotopic (exact) mass is 448 g/mol. The van der Waals surface area contributed by atoms with Crippen molar-refractivity contribution < 1.29 is 33.5 Å². The lowest BCUT2D eigenvalue weighted by Gasteiger charge is -2.47. The molecule has 1 fully saturated rings. The minimum absolute atomic E-state index is 0.151. The number of aliphatic hydroxyl groups excluding tert-OH is 1. The molecule has 31 heavy (non-hydrogen) atoms. The van der Waals surface area contributed by atoms with E-state index in [-0.39, 0.29) is 12.7 Å². The summed E-state index contributed by atoms with van der Waals surface area (Å²) in [5.41, 5.74) is 0. The van der Waals surface area contributed by atoms with E-state index in [0.29, 0.717) is 26.4 Å². The summed E-state index contributed by atoms with van der Waals surface area (Å²) in [5, 5.41) is 10.1. The van der Waals surface area contributed by atoms with Gasteiger partial charge in [0.2, 0.25) is 0 Å². The van der Waals surface area contributed by atoms with Gasteiger partial charge in [-0.05, 0) is 25.7 Å². The summed E-state index contributed by atoms with van der Waals surface area (Å²) >= 11 is 0. The van der Waals surface area contributed by atoms with Gasteiger partial charge in [0.25, 0.3) is 0 Å². The summed E-state index contributed by atoms with van der Waals surface area (Å²) in [6.07, 6.45) is 5.17. The lowest BCUT2D eigenvalue weighted by molar-refractivity contribution is -0.328. The Kier molecular flexibility index (Phi) is 16.9. The molecule has 0 aromatic carbocycles. The van der Waals surface area contributed by atoms with Crippen LogP contribution in [0.25, 0.3) is 0 Å². The minimum atomic E-state index is -0.608. The molecule has 0 aliphatic carbocycles. The Morgan fingerprint density at radius 2 is 1.19 bits per heavy atom. The van der Waals surface area contributed by atoms with Crippen LogP contribution in [0.15, 0.2) is 0 Å². The average molecular weight is 449 g/mol. The van der Waals surface area contributed by atoms with Crippen molar-refractivity contribution in [3.05, 3.63) is 0 Å². The molecule has 1 aliphatic rings. The fraction of sp³-hybridized carbons (Fsp3) is 1.00. The molecule has 1 aliphatic heterocycles. The molecule has 0 aromatic rings. The molecule has 186 valence electrons. The maximum atomic E-state index is 10.1. The summed E-state index contributed by atoms with van der Waals surface area (Å²) in [6.45, 7) is 10.8. The molecule has 0 aromatic heterocycles. The Morgan fingerprint density at radius 3 is 1.68 bits per heavy atom. The molecule has 1 saturated heterocycles. The smallest absolute Gasteiger partial charge is 0.186 e. The molecule has 7 nitrogen and oxygen atoms in total. The van der Waals surface area contributed by atoms with Gasteiger partial charge < -0.3 is 33.5 Å². The second-order valence-electron chi connectivity index (χ2n) is 8.22. The first-order valence-corrected chi connectivity index (χ1v) is 12.4. The van der Waals surface area contributed by atoms with Crippen molar-refractivity contribution in [3.63, 3.8) is 0 Å². The largest absolute Gasteiger partial charge is 0.394 e. The third kappa shape index (κ3) is 10.0. The molecule has 0 bridgehead atoms. The predicted octanol–water partition coefficient (Wildman–Crippen LogP) is 4.09. The van der Waals surface area contributed by atoms with Crippen LogP contribution < -0.4 is 0 Å². The lowest BCUT2D eigenvalue weighted by Crippen LogP contribution is -2.64. The highest BCUT2D eigenvalue weighted by atomic mass is 16.7. The van der Waals surface area contributed by atoms with Crippen molar-refractivity contribution in [2.75, 3.05) is 40.1 Å². The summed E-state index contributed by atoms with van der Waals surface area (Å²) in [4.78, 5) is 0. The van der Waals surface area contributed by atoms with Crippen LogP contribution in [0.2, 0.25) is 0 Å². The van der Waals surface area contributed by atoms with Crippen molar-refractivity contribution in [2.45, 2.75) is 116 Å². The SMILES string of the molecule is CCCCOC1[C@H](OCCCC)C([C@@H](CO)OCCCC)O[C@H](OC)[C@H]1OCCCC. The van der Waals surface area contributed by atoms with Crippen molar-refractivity contribution in [1.29, 1.82) is 0 Å². The number of hydrogen-bond acceptors (Lipinski definition) is 7. The van der Waals surface area contributed by atoms with E-state index < -0.39 is 30.7 Å². The van der Waals surface area contributed by atoms with Crippen LogP contribution in [0.4, 0.5) is 0 Å². The zero-order valence-corrected chi connectivity index (χ0v) is 20.6. The van der Waals surface area contributed by atoms with E-state index in [1.807, 2.05) is 0 Å². The van der Waals surface area contributed by atoms with Gasteiger partial charge >= 0.3 is 0 Å². The summed E-state index contributed by atoms with van der Waals surface area (Å²) in [5.74, 6) is 0. The molecular weight excluding hydrogens is 400 g/mol. The summed E-state index contributed by atoms with van der Waals surface area (Å²) < 4.78 is 36.9. The molecule has 0 radical (unpaired) electrons. The van der Waals surface area contributed by atoms with Crippen LogP contribution in [0.3, 0.4) is 0 Å². The van der Waals surface area contributed by atoms with Gasteiger partial charge in [-0.3, -0.25) is 0 Å². The molecule has 1 N–H and O–H groups in total. The van der Waals surface area contributed by atoms with Gasteiger partial charge in [-0.15, -0.1) is 0 Å². The van der Waals surface area contributed by atoms with Crippen LogP contribution in [-0.4, -0.2) is 82.1 Å². The van der Waals surface area contributed by atoms with Crippen LogP contribution >= 0.6 is 0 Å². The Hall–Kier alpha value is -0.280. The Balaban J connectivity index is 3.11. The highest BCUT2D eigenvalue weighted by molar-refractivity contribution is 4.96. The highest BCUT2D eigenvalue weighted by Crippen LogP contribution is 2.31. The number of unbranched alkanes of at least 4 members (excludes halogenated alkanes) is 4. The lowest BCUT2D eigenvalue weighted by atomic mass is 9.94. The quantitative estimate of drug-likeness (QED) is 0.298. The molecular formula is C24H48O7. The third-order valence-electron chi connectivity index (χ3n) is 5.56. The molecule has 0 saturated carbocycles. The molecule has 0 spiro atoms. The van der Waals surface area contributed by atoms with Crippen molar-refractivity contribution in [2.24, 2.45) is 0 Å². The number of ether oxygens (including phenoxy) is 6. The fourth-order valence-electron chi connectivity index (χ4n) is 3.60. The van der Waals surface area contributed by atoms with Gasteiger partial charge in [-0.2, -0.15) is 0 Å². The zero-order valence-electron chi connectivity index (χ0n) is 20.6. The van der Waals surface area contributed by atoms with Gasteiger partial charge in [-0.1, -0.05) is 53.4 Å². The first-order valence-electron chi connectivity index (χ1n) is 12.4. The summed E-state index contributed by atoms with van der Waals surface area (Å²) in [6, 6.07) is 0. The van der Waals surface area contributed by atoms with Crippen molar-refractivity contribution >= 4 is 0 Å². The molecule has 2 unspecified atom stereocenters. The number of methoxy groups -OCH3 is 1. The van der Waals surface area contributed by atoms with E-state index >= 15 is 0 Å². The minimum Gasteiger partial charge on any atom is -0.394 e. The van der Waals surface area contributed by atoms with E-state index in [2.05, 4.69) is 27.7 Å². The first-order chi connectivity index (χ1) is 15.2. The number of aliphatic hydroxyl groups is 1. The topological polar surface area (TPSA) is 75.6 Å². The molecule has 1 heterocycles.